The predicted octanol–water partition coefficient (Wildman–Crippen LogP) is 3.33. The van der Waals surface area contributed by atoms with Crippen molar-refractivity contribution in [2.24, 2.45) is 5.92 Å². The first-order chi connectivity index (χ1) is 17.3. The largest absolute Gasteiger partial charge is 0.367 e. The van der Waals surface area contributed by atoms with Gasteiger partial charge in [0.25, 0.3) is 5.91 Å². The molecule has 0 radical (unpaired) electrons. The van der Waals surface area contributed by atoms with Crippen molar-refractivity contribution in [2.45, 2.75) is 75.8 Å². The third kappa shape index (κ3) is 5.97. The van der Waals surface area contributed by atoms with E-state index in [1.807, 2.05) is 32.2 Å². The van der Waals surface area contributed by atoms with Crippen LogP contribution < -0.4 is 5.32 Å². The molecule has 7 nitrogen and oxygen atoms in total. The Bertz CT molecular complexity index is 929. The number of carbonyl (C=O) groups is 3. The van der Waals surface area contributed by atoms with E-state index >= 15 is 0 Å². The molecule has 0 aromatic heterocycles. The van der Waals surface area contributed by atoms with Crippen molar-refractivity contribution in [1.82, 2.24) is 15.1 Å². The SMILES string of the molecule is CCCN1CCC(c2ccc(C(=O)N[C@@H](CC(C)C)C(=O)N3C[C@H](SC)[C@H]4OCC(=O)[C@H]43)cc2)CC1. The summed E-state index contributed by atoms with van der Waals surface area (Å²) in [5.41, 5.74) is 1.84. The van der Waals surface area contributed by atoms with Gasteiger partial charge in [-0.2, -0.15) is 11.8 Å². The van der Waals surface area contributed by atoms with Gasteiger partial charge >= 0.3 is 0 Å². The Kier molecular flexibility index (Phi) is 9.12. The second-order valence-corrected chi connectivity index (χ2v) is 11.9. The van der Waals surface area contributed by atoms with E-state index in [1.54, 1.807) is 16.7 Å². The first-order valence-electron chi connectivity index (χ1n) is 13.4. The summed E-state index contributed by atoms with van der Waals surface area (Å²) in [4.78, 5) is 43.5. The summed E-state index contributed by atoms with van der Waals surface area (Å²) < 4.78 is 5.71. The monoisotopic (exact) mass is 515 g/mol. The Hall–Kier alpha value is -1.90. The highest BCUT2D eigenvalue weighted by Crippen LogP contribution is 2.34. The van der Waals surface area contributed by atoms with E-state index in [4.69, 9.17) is 4.74 Å². The normalized spacial score (nSPS) is 25.9. The van der Waals surface area contributed by atoms with E-state index in [0.717, 1.165) is 25.9 Å². The van der Waals surface area contributed by atoms with Gasteiger partial charge in [-0.3, -0.25) is 14.4 Å². The molecule has 0 saturated carbocycles. The molecule has 4 atom stereocenters. The van der Waals surface area contributed by atoms with Gasteiger partial charge in [-0.25, -0.2) is 0 Å². The van der Waals surface area contributed by atoms with Crippen molar-refractivity contribution in [3.05, 3.63) is 35.4 Å². The minimum atomic E-state index is -0.672. The van der Waals surface area contributed by atoms with E-state index in [1.165, 1.54) is 18.5 Å². The lowest BCUT2D eigenvalue weighted by molar-refractivity contribution is -0.138. The number of Topliss-reactive ketones (excluding diaryl/α,β-unsaturated/α-hetero) is 1. The van der Waals surface area contributed by atoms with Crippen LogP contribution in [0.25, 0.3) is 0 Å². The molecule has 1 N–H and O–H groups in total. The molecular formula is C28H41N3O4S. The summed E-state index contributed by atoms with van der Waals surface area (Å²) in [7, 11) is 0. The van der Waals surface area contributed by atoms with Crippen LogP contribution in [0.3, 0.4) is 0 Å². The standard InChI is InChI=1S/C28H41N3O4S/c1-5-12-30-13-10-20(11-14-30)19-6-8-21(9-7-19)27(33)29-22(15-18(2)3)28(34)31-16-24(36-4)26-25(31)23(32)17-35-26/h6-9,18,20,22,24-26H,5,10-17H2,1-4H3,(H,29,33)/t22-,24-,25+,26+/m0/s1. The molecule has 3 saturated heterocycles. The lowest BCUT2D eigenvalue weighted by Gasteiger charge is -2.32. The van der Waals surface area contributed by atoms with E-state index in [0.29, 0.717) is 24.4 Å². The second kappa shape index (κ2) is 12.1. The zero-order chi connectivity index (χ0) is 25.8. The summed E-state index contributed by atoms with van der Waals surface area (Å²) in [6.07, 6.45) is 5.73. The number of benzene rings is 1. The number of nitrogens with one attached hydrogen (secondary N) is 1. The number of thioether (sulfide) groups is 1. The first-order valence-corrected chi connectivity index (χ1v) is 14.7. The molecule has 198 valence electrons. The maximum atomic E-state index is 13.6. The fourth-order valence-corrected chi connectivity index (χ4v) is 6.70. The average molecular weight is 516 g/mol. The number of likely N-dealkylation sites (tertiary alicyclic amines) is 2. The van der Waals surface area contributed by atoms with E-state index in [-0.39, 0.29) is 41.5 Å². The minimum absolute atomic E-state index is 0.0457. The van der Waals surface area contributed by atoms with Gasteiger partial charge < -0.3 is 19.9 Å². The van der Waals surface area contributed by atoms with Gasteiger partial charge in [0.2, 0.25) is 5.91 Å². The fourth-order valence-electron chi connectivity index (χ4n) is 5.89. The van der Waals surface area contributed by atoms with Crippen LogP contribution in [-0.4, -0.2) is 89.9 Å². The summed E-state index contributed by atoms with van der Waals surface area (Å²) in [6, 6.07) is 6.68. The summed E-state index contributed by atoms with van der Waals surface area (Å²) in [5.74, 6) is 0.271. The topological polar surface area (TPSA) is 79.0 Å². The summed E-state index contributed by atoms with van der Waals surface area (Å²) in [5, 5.41) is 3.06. The van der Waals surface area contributed by atoms with Gasteiger partial charge in [-0.05, 0) is 81.1 Å². The van der Waals surface area contributed by atoms with Crippen LogP contribution in [0, 0.1) is 5.92 Å². The molecule has 0 aliphatic carbocycles. The van der Waals surface area contributed by atoms with Crippen LogP contribution in [0.2, 0.25) is 0 Å². The molecular weight excluding hydrogens is 474 g/mol. The zero-order valence-corrected chi connectivity index (χ0v) is 22.9. The van der Waals surface area contributed by atoms with E-state index in [2.05, 4.69) is 29.3 Å². The van der Waals surface area contributed by atoms with Crippen LogP contribution in [-0.2, 0) is 14.3 Å². The maximum Gasteiger partial charge on any atom is 0.251 e. The quantitative estimate of drug-likeness (QED) is 0.544. The number of nitrogens with zero attached hydrogens (tertiary/aromatic N) is 2. The van der Waals surface area contributed by atoms with Crippen molar-refractivity contribution < 1.29 is 19.1 Å². The third-order valence-electron chi connectivity index (χ3n) is 7.81. The molecule has 36 heavy (non-hydrogen) atoms. The number of hydrogen-bond acceptors (Lipinski definition) is 6. The Labute approximate surface area is 219 Å². The molecule has 0 bridgehead atoms. The van der Waals surface area contributed by atoms with Crippen molar-refractivity contribution in [2.75, 3.05) is 39.0 Å². The summed E-state index contributed by atoms with van der Waals surface area (Å²) >= 11 is 1.62. The molecule has 4 rings (SSSR count). The number of carbonyl (C=O) groups excluding carboxylic acids is 3. The van der Waals surface area contributed by atoms with Crippen molar-refractivity contribution in [3.8, 4) is 0 Å². The molecule has 2 amide bonds. The molecule has 3 aliphatic rings. The van der Waals surface area contributed by atoms with Crippen LogP contribution >= 0.6 is 11.8 Å². The lowest BCUT2D eigenvalue weighted by Crippen LogP contribution is -2.52. The lowest BCUT2D eigenvalue weighted by atomic mass is 9.89. The van der Waals surface area contributed by atoms with Crippen LogP contribution in [0.4, 0.5) is 0 Å². The predicted molar refractivity (Wildman–Crippen MR) is 143 cm³/mol. The minimum Gasteiger partial charge on any atom is -0.367 e. The molecule has 1 aromatic rings. The molecule has 1 aromatic carbocycles. The van der Waals surface area contributed by atoms with Crippen molar-refractivity contribution in [1.29, 1.82) is 0 Å². The number of hydrogen-bond donors (Lipinski definition) is 1. The van der Waals surface area contributed by atoms with Gasteiger partial charge in [0.15, 0.2) is 5.78 Å². The Morgan fingerprint density at radius 1 is 1.17 bits per heavy atom. The molecule has 0 unspecified atom stereocenters. The van der Waals surface area contributed by atoms with Gasteiger partial charge in [0.05, 0.1) is 11.4 Å². The van der Waals surface area contributed by atoms with Gasteiger partial charge in [-0.15, -0.1) is 0 Å². The van der Waals surface area contributed by atoms with Crippen molar-refractivity contribution >= 4 is 29.4 Å². The van der Waals surface area contributed by atoms with Gasteiger partial charge in [0, 0.05) is 12.1 Å². The van der Waals surface area contributed by atoms with Crippen LogP contribution in [0.1, 0.15) is 68.3 Å². The first kappa shape index (κ1) is 27.1. The van der Waals surface area contributed by atoms with E-state index in [9.17, 15) is 14.4 Å². The molecule has 8 heteroatoms. The number of fused-ring (bicyclic) bond motifs is 1. The summed E-state index contributed by atoms with van der Waals surface area (Å²) in [6.45, 7) is 10.2. The molecule has 0 spiro atoms. The Morgan fingerprint density at radius 3 is 2.47 bits per heavy atom. The molecule has 3 fully saturated rings. The number of piperidine rings is 1. The van der Waals surface area contributed by atoms with Crippen LogP contribution in [0.15, 0.2) is 24.3 Å². The highest BCUT2D eigenvalue weighted by Gasteiger charge is 2.52. The number of amides is 2. The number of ketones is 1. The van der Waals surface area contributed by atoms with Crippen molar-refractivity contribution in [3.63, 3.8) is 0 Å². The number of rotatable bonds is 9. The molecule has 3 heterocycles. The Balaban J connectivity index is 1.41. The second-order valence-electron chi connectivity index (χ2n) is 10.8. The smallest absolute Gasteiger partial charge is 0.251 e. The average Bonchev–Trinajstić information content (AvgIpc) is 3.44. The maximum absolute atomic E-state index is 13.6. The third-order valence-corrected chi connectivity index (χ3v) is 8.83. The van der Waals surface area contributed by atoms with E-state index < -0.39 is 12.1 Å². The van der Waals surface area contributed by atoms with Gasteiger partial charge in [0.1, 0.15) is 18.7 Å². The fraction of sp³-hybridized carbons (Fsp3) is 0.679. The number of ether oxygens (including phenoxy) is 1. The Morgan fingerprint density at radius 2 is 1.86 bits per heavy atom. The molecule has 3 aliphatic heterocycles. The van der Waals surface area contributed by atoms with Gasteiger partial charge in [-0.1, -0.05) is 32.9 Å². The van der Waals surface area contributed by atoms with Crippen LogP contribution in [0.5, 0.6) is 0 Å². The highest BCUT2D eigenvalue weighted by atomic mass is 32.2. The highest BCUT2D eigenvalue weighted by molar-refractivity contribution is 7.99. The zero-order valence-electron chi connectivity index (χ0n) is 22.1.